The van der Waals surface area contributed by atoms with Gasteiger partial charge in [-0.3, -0.25) is 0 Å². The second-order valence-corrected chi connectivity index (χ2v) is 20.7. The largest absolute Gasteiger partial charge is 0.456 e. The van der Waals surface area contributed by atoms with E-state index in [0.717, 1.165) is 143 Å². The van der Waals surface area contributed by atoms with Gasteiger partial charge < -0.3 is 27.0 Å². The number of rotatable bonds is 5. The molecule has 0 spiro atoms. The van der Waals surface area contributed by atoms with Crippen molar-refractivity contribution < 1.29 is 13.3 Å². The van der Waals surface area contributed by atoms with Gasteiger partial charge in [0.1, 0.15) is 33.5 Å². The Morgan fingerprint density at radius 1 is 0.218 bits per heavy atom. The number of para-hydroxylation sites is 7. The number of furan rings is 3. The zero-order valence-electron chi connectivity index (χ0n) is 41.7. The molecule has 0 unspecified atom stereocenters. The Hall–Kier alpha value is -10.6. The molecule has 0 aliphatic heterocycles. The molecule has 0 atom stereocenters. The first-order valence-corrected chi connectivity index (χ1v) is 26.6. The highest BCUT2D eigenvalue weighted by molar-refractivity contribution is 6.36. The minimum Gasteiger partial charge on any atom is -0.456 e. The molecular formula is C72H41N3O3. The number of hydrogen-bond donors (Lipinski definition) is 0. The van der Waals surface area contributed by atoms with Crippen molar-refractivity contribution in [3.63, 3.8) is 0 Å². The summed E-state index contributed by atoms with van der Waals surface area (Å²) in [4.78, 5) is 0. The first kappa shape index (κ1) is 41.8. The van der Waals surface area contributed by atoms with E-state index in [4.69, 9.17) is 13.3 Å². The summed E-state index contributed by atoms with van der Waals surface area (Å²) >= 11 is 0. The van der Waals surface area contributed by atoms with Crippen molar-refractivity contribution >= 4 is 131 Å². The standard InChI is InChI=1S/C72H41N3O3/c1-3-17-44(18-4-1)73-57-26-12-7-21-47(57)54-37-42(31-34-59(54)73)52-40-62-70(72-67(52)50-24-10-15-29-64(50)78-72)69-61(75(62)46-33-36-66-56(39-46)49-23-9-14-28-63(49)76-66)41-53(71-68(69)51-25-11-16-30-65(51)77-71)43-32-35-60-55(38-43)48-22-8-13-27-58(48)74(60)45-19-5-2-6-20-45/h1-41H. The molecule has 0 N–H and O–H groups in total. The van der Waals surface area contributed by atoms with E-state index in [1.165, 1.54) is 27.1 Å². The highest BCUT2D eigenvalue weighted by Crippen LogP contribution is 2.52. The van der Waals surface area contributed by atoms with E-state index in [1.807, 2.05) is 6.07 Å². The van der Waals surface area contributed by atoms with Crippen LogP contribution in [0, 0.1) is 0 Å². The summed E-state index contributed by atoms with van der Waals surface area (Å²) in [6.07, 6.45) is 0. The molecule has 6 heterocycles. The van der Waals surface area contributed by atoms with Gasteiger partial charge >= 0.3 is 0 Å². The van der Waals surface area contributed by atoms with E-state index in [1.54, 1.807) is 0 Å². The number of benzene rings is 12. The van der Waals surface area contributed by atoms with Crippen LogP contribution in [0.2, 0.25) is 0 Å². The van der Waals surface area contributed by atoms with Crippen LogP contribution in [0.15, 0.2) is 262 Å². The van der Waals surface area contributed by atoms with Crippen molar-refractivity contribution in [3.05, 3.63) is 249 Å². The highest BCUT2D eigenvalue weighted by atomic mass is 16.3. The molecule has 362 valence electrons. The molecule has 12 aromatic carbocycles. The van der Waals surface area contributed by atoms with Crippen LogP contribution in [0.1, 0.15) is 0 Å². The van der Waals surface area contributed by atoms with E-state index >= 15 is 0 Å². The summed E-state index contributed by atoms with van der Waals surface area (Å²) in [5, 5.41) is 13.2. The van der Waals surface area contributed by atoms with Gasteiger partial charge in [-0.2, -0.15) is 0 Å². The van der Waals surface area contributed by atoms with Crippen molar-refractivity contribution in [2.24, 2.45) is 0 Å². The minimum absolute atomic E-state index is 0.829. The van der Waals surface area contributed by atoms with Gasteiger partial charge in [0.05, 0.1) is 38.5 Å². The average molecular weight is 996 g/mol. The van der Waals surface area contributed by atoms with Gasteiger partial charge in [-0.05, 0) is 126 Å². The van der Waals surface area contributed by atoms with E-state index in [2.05, 4.69) is 256 Å². The van der Waals surface area contributed by atoms with E-state index in [-0.39, 0.29) is 0 Å². The third-order valence-electron chi connectivity index (χ3n) is 16.6. The van der Waals surface area contributed by atoms with Gasteiger partial charge in [0.25, 0.3) is 0 Å². The van der Waals surface area contributed by atoms with E-state index in [0.29, 0.717) is 0 Å². The van der Waals surface area contributed by atoms with Crippen LogP contribution in [0.4, 0.5) is 0 Å². The first-order valence-electron chi connectivity index (χ1n) is 26.6. The van der Waals surface area contributed by atoms with Gasteiger partial charge in [-0.25, -0.2) is 0 Å². The lowest BCUT2D eigenvalue weighted by Gasteiger charge is -2.12. The summed E-state index contributed by atoms with van der Waals surface area (Å²) in [6, 6.07) is 89.4. The zero-order valence-corrected chi connectivity index (χ0v) is 41.7. The maximum atomic E-state index is 7.34. The fourth-order valence-corrected chi connectivity index (χ4v) is 13.3. The molecule has 0 amide bonds. The van der Waals surface area contributed by atoms with Crippen molar-refractivity contribution in [1.29, 1.82) is 0 Å². The fraction of sp³-hybridized carbons (Fsp3) is 0. The Bertz CT molecular complexity index is 5570. The zero-order chi connectivity index (χ0) is 50.7. The molecule has 0 aliphatic rings. The van der Waals surface area contributed by atoms with Crippen LogP contribution in [-0.4, -0.2) is 13.7 Å². The number of fused-ring (bicyclic) bond motifs is 20. The molecule has 6 nitrogen and oxygen atoms in total. The first-order chi connectivity index (χ1) is 38.7. The molecule has 18 rings (SSSR count). The maximum absolute atomic E-state index is 7.34. The van der Waals surface area contributed by atoms with Crippen LogP contribution < -0.4 is 0 Å². The van der Waals surface area contributed by atoms with Crippen molar-refractivity contribution in [2.75, 3.05) is 0 Å². The molecule has 0 saturated carbocycles. The monoisotopic (exact) mass is 995 g/mol. The molecule has 6 aromatic heterocycles. The van der Waals surface area contributed by atoms with Crippen molar-refractivity contribution in [1.82, 2.24) is 13.7 Å². The predicted octanol–water partition coefficient (Wildman–Crippen LogP) is 20.0. The summed E-state index contributed by atoms with van der Waals surface area (Å²) in [7, 11) is 0. The fourth-order valence-electron chi connectivity index (χ4n) is 13.3. The Labute approximate surface area is 444 Å². The molecule has 0 aliphatic carbocycles. The Morgan fingerprint density at radius 3 is 1.29 bits per heavy atom. The second-order valence-electron chi connectivity index (χ2n) is 20.7. The predicted molar refractivity (Wildman–Crippen MR) is 322 cm³/mol. The normalized spacial score (nSPS) is 12.4. The minimum atomic E-state index is 0.829. The molecule has 0 bridgehead atoms. The van der Waals surface area contributed by atoms with E-state index < -0.39 is 0 Å². The Morgan fingerprint density at radius 2 is 0.667 bits per heavy atom. The van der Waals surface area contributed by atoms with Crippen LogP contribution in [-0.2, 0) is 0 Å². The molecule has 0 radical (unpaired) electrons. The van der Waals surface area contributed by atoms with Gasteiger partial charge in [0, 0.05) is 81.9 Å². The van der Waals surface area contributed by atoms with Crippen molar-refractivity contribution in [2.45, 2.75) is 0 Å². The van der Waals surface area contributed by atoms with Crippen LogP contribution >= 0.6 is 0 Å². The average Bonchev–Trinajstić information content (AvgIpc) is 4.47. The molecule has 18 aromatic rings. The van der Waals surface area contributed by atoms with Crippen LogP contribution in [0.5, 0.6) is 0 Å². The highest BCUT2D eigenvalue weighted by Gasteiger charge is 2.29. The van der Waals surface area contributed by atoms with Gasteiger partial charge in [-0.1, -0.05) is 140 Å². The lowest BCUT2D eigenvalue weighted by molar-refractivity contribution is 0.668. The van der Waals surface area contributed by atoms with Gasteiger partial charge in [-0.15, -0.1) is 0 Å². The molecular weight excluding hydrogens is 955 g/mol. The van der Waals surface area contributed by atoms with Crippen LogP contribution in [0.25, 0.3) is 171 Å². The van der Waals surface area contributed by atoms with Crippen molar-refractivity contribution in [3.8, 4) is 39.3 Å². The number of nitrogens with zero attached hydrogens (tertiary/aromatic N) is 3. The third-order valence-corrected chi connectivity index (χ3v) is 16.6. The lowest BCUT2D eigenvalue weighted by atomic mass is 9.94. The maximum Gasteiger partial charge on any atom is 0.146 e. The quantitative estimate of drug-likeness (QED) is 0.173. The molecule has 0 saturated heterocycles. The number of hydrogen-bond acceptors (Lipinski definition) is 3. The Kier molecular flexibility index (Phi) is 8.30. The van der Waals surface area contributed by atoms with E-state index in [9.17, 15) is 0 Å². The summed E-state index contributed by atoms with van der Waals surface area (Å²) < 4.78 is 28.2. The third kappa shape index (κ3) is 5.64. The molecule has 6 heteroatoms. The molecule has 78 heavy (non-hydrogen) atoms. The lowest BCUT2D eigenvalue weighted by Crippen LogP contribution is -1.95. The van der Waals surface area contributed by atoms with Crippen LogP contribution in [0.3, 0.4) is 0 Å². The molecule has 0 fully saturated rings. The summed E-state index contributed by atoms with van der Waals surface area (Å²) in [5.74, 6) is 0. The Balaban J connectivity index is 1.00. The SMILES string of the molecule is c1ccc(-n2c3ccccc3c3cc(-c4cc5c(c6c4oc4ccccc46)c4c6oc7ccccc7c6c(-c6ccc7c(c6)c6ccccc6n7-c6ccccc6)cc4n5-c4ccc5oc6ccccc6c5c4)ccc32)cc1. The number of aromatic nitrogens is 3. The van der Waals surface area contributed by atoms with Gasteiger partial charge in [0.2, 0.25) is 0 Å². The van der Waals surface area contributed by atoms with Gasteiger partial charge in [0.15, 0.2) is 0 Å². The smallest absolute Gasteiger partial charge is 0.146 e. The summed E-state index contributed by atoms with van der Waals surface area (Å²) in [5.41, 5.74) is 19.3. The topological polar surface area (TPSA) is 54.2 Å². The second kappa shape index (κ2) is 15.5. The summed E-state index contributed by atoms with van der Waals surface area (Å²) in [6.45, 7) is 0.